The van der Waals surface area contributed by atoms with Gasteiger partial charge in [-0.3, -0.25) is 9.59 Å². The van der Waals surface area contributed by atoms with Crippen molar-refractivity contribution in [3.63, 3.8) is 0 Å². The summed E-state index contributed by atoms with van der Waals surface area (Å²) in [6, 6.07) is 10.3. The zero-order valence-corrected chi connectivity index (χ0v) is 32.4. The van der Waals surface area contributed by atoms with Gasteiger partial charge in [0.2, 0.25) is 11.8 Å². The van der Waals surface area contributed by atoms with Crippen LogP contribution < -0.4 is 10.6 Å². The lowest BCUT2D eigenvalue weighted by atomic mass is 10.0. The average Bonchev–Trinajstić information content (AvgIpc) is 4.01. The molecule has 4 heterocycles. The van der Waals surface area contributed by atoms with Crippen LogP contribution in [0.15, 0.2) is 48.8 Å². The molecule has 5 atom stereocenters. The molecule has 0 spiro atoms. The first-order valence-corrected chi connectivity index (χ1v) is 18.9. The molecule has 0 unspecified atom stereocenters. The lowest BCUT2D eigenvalue weighted by molar-refractivity contribution is -0.137. The molecule has 4 aromatic rings. The van der Waals surface area contributed by atoms with Crippen LogP contribution in [0.5, 0.6) is 0 Å². The van der Waals surface area contributed by atoms with E-state index in [2.05, 4.69) is 49.6 Å². The normalized spacial score (nSPS) is 19.3. The highest BCUT2D eigenvalue weighted by Gasteiger charge is 2.41. The highest BCUT2D eigenvalue weighted by molar-refractivity contribution is 5.89. The number of likely N-dealkylation sites (tertiary alicyclic amines) is 2. The second-order valence-corrected chi connectivity index (χ2v) is 15.0. The molecule has 0 saturated carbocycles. The van der Waals surface area contributed by atoms with E-state index in [-0.39, 0.29) is 41.8 Å². The Hall–Kier alpha value is -5.84. The summed E-state index contributed by atoms with van der Waals surface area (Å²) in [6.07, 6.45) is 5.40. The maximum atomic E-state index is 13.7. The molecule has 2 aliphatic rings. The number of carbonyl (C=O) groups excluding carboxylic acids is 4. The van der Waals surface area contributed by atoms with E-state index in [1.807, 2.05) is 63.8 Å². The summed E-state index contributed by atoms with van der Waals surface area (Å²) < 4.78 is 9.52. The highest BCUT2D eigenvalue weighted by atomic mass is 16.5. The van der Waals surface area contributed by atoms with Gasteiger partial charge in [-0.15, -0.1) is 0 Å². The number of carbonyl (C=O) groups is 4. The summed E-state index contributed by atoms with van der Waals surface area (Å²) in [5.74, 6) is 7.25. The van der Waals surface area contributed by atoms with E-state index in [1.54, 1.807) is 17.3 Å². The fourth-order valence-electron chi connectivity index (χ4n) is 7.53. The molecule has 4 N–H and O–H groups in total. The molecule has 14 nitrogen and oxygen atoms in total. The third kappa shape index (κ3) is 8.46. The molecule has 55 heavy (non-hydrogen) atoms. The molecule has 0 radical (unpaired) electrons. The zero-order valence-electron chi connectivity index (χ0n) is 32.4. The van der Waals surface area contributed by atoms with E-state index in [9.17, 15) is 19.2 Å². The smallest absolute Gasteiger partial charge is 0.407 e. The van der Waals surface area contributed by atoms with Crippen LogP contribution in [0.4, 0.5) is 9.59 Å². The van der Waals surface area contributed by atoms with Gasteiger partial charge < -0.3 is 39.9 Å². The summed E-state index contributed by atoms with van der Waals surface area (Å²) in [4.78, 5) is 70.8. The van der Waals surface area contributed by atoms with Crippen molar-refractivity contribution >= 4 is 34.8 Å². The first-order valence-electron chi connectivity index (χ1n) is 18.9. The van der Waals surface area contributed by atoms with E-state index in [1.165, 1.54) is 14.2 Å². The summed E-state index contributed by atoms with van der Waals surface area (Å²) in [7, 11) is 2.57. The Balaban J connectivity index is 1.14. The van der Waals surface area contributed by atoms with Crippen LogP contribution in [-0.2, 0) is 19.1 Å². The number of fused-ring (bicyclic) bond motifs is 1. The van der Waals surface area contributed by atoms with E-state index in [4.69, 9.17) is 14.5 Å². The van der Waals surface area contributed by atoms with Gasteiger partial charge in [-0.05, 0) is 79.3 Å². The predicted molar refractivity (Wildman–Crippen MR) is 206 cm³/mol. The number of rotatable bonds is 9. The highest BCUT2D eigenvalue weighted by Crippen LogP contribution is 2.37. The number of methoxy groups -OCH3 is 2. The molecule has 4 amide bonds. The number of nitrogens with zero attached hydrogens (tertiary/aromatic N) is 4. The van der Waals surface area contributed by atoms with Crippen molar-refractivity contribution in [1.29, 1.82) is 0 Å². The fourth-order valence-corrected chi connectivity index (χ4v) is 7.53. The number of hydrogen-bond donors (Lipinski definition) is 4. The van der Waals surface area contributed by atoms with Crippen molar-refractivity contribution in [2.45, 2.75) is 90.5 Å². The summed E-state index contributed by atoms with van der Waals surface area (Å²) in [5.41, 5.74) is 3.29. The Morgan fingerprint density at radius 2 is 1.42 bits per heavy atom. The lowest BCUT2D eigenvalue weighted by Gasteiger charge is -2.32. The largest absolute Gasteiger partial charge is 0.453 e. The van der Waals surface area contributed by atoms with E-state index in [0.29, 0.717) is 23.9 Å². The summed E-state index contributed by atoms with van der Waals surface area (Å²) in [6.45, 7) is 10.2. The van der Waals surface area contributed by atoms with Gasteiger partial charge in [0.05, 0.1) is 44.4 Å². The van der Waals surface area contributed by atoms with Crippen molar-refractivity contribution in [3.05, 3.63) is 71.7 Å². The number of alkyl carbamates (subject to hydrolysis) is 2. The van der Waals surface area contributed by atoms with Crippen LogP contribution in [0.1, 0.15) is 95.3 Å². The van der Waals surface area contributed by atoms with Crippen LogP contribution in [0.2, 0.25) is 0 Å². The van der Waals surface area contributed by atoms with Crippen LogP contribution >= 0.6 is 0 Å². The SMILES string of the molecule is COC(=O)N[C@H](C(=O)N1CCC[C@H]1c1ncc(C#Cc2ccc3cc(-c4cnc([C@@H]5CC[C@H](C)N5C(=O)[C@@H](NC(=O)OC)C(C)C)[nH]4)ccc3c2)[nH]1)C(C)C. The number of H-pyrrole nitrogens is 2. The van der Waals surface area contributed by atoms with E-state index in [0.717, 1.165) is 53.3 Å². The van der Waals surface area contributed by atoms with Gasteiger partial charge >= 0.3 is 12.2 Å². The monoisotopic (exact) mass is 750 g/mol. The standard InChI is InChI=1S/C41H50N8O6/c1-23(2)34(46-40(52)54-6)38(50)48-18-8-9-32(48)36-42-21-30(44-36)16-12-26-11-13-28-20-29(15-14-27(28)19-26)31-22-43-37(45-31)33-17-10-25(5)49(33)39(51)35(24(3)4)47-41(53)55-7/h11,13-15,19-25,32-35H,8-10,17-18H2,1-7H3,(H,42,44)(H,43,45)(H,46,52)(H,47,53)/t25-,32-,33-,34-,35-/m0/s1. The van der Waals surface area contributed by atoms with Gasteiger partial charge in [0, 0.05) is 23.7 Å². The molecular formula is C41H50N8O6. The number of aromatic nitrogens is 4. The van der Waals surface area contributed by atoms with Gasteiger partial charge in [0.25, 0.3) is 0 Å². The van der Waals surface area contributed by atoms with Gasteiger partial charge in [0.1, 0.15) is 29.4 Å². The van der Waals surface area contributed by atoms with Crippen molar-refractivity contribution in [2.75, 3.05) is 20.8 Å². The molecular weight excluding hydrogens is 701 g/mol. The Morgan fingerprint density at radius 3 is 2.11 bits per heavy atom. The third-order valence-corrected chi connectivity index (χ3v) is 10.6. The minimum absolute atomic E-state index is 0.00536. The number of ether oxygens (including phenoxy) is 2. The summed E-state index contributed by atoms with van der Waals surface area (Å²) in [5, 5.41) is 7.45. The second kappa shape index (κ2) is 16.7. The molecule has 2 saturated heterocycles. The molecule has 0 bridgehead atoms. The van der Waals surface area contributed by atoms with E-state index >= 15 is 0 Å². The molecule has 2 aliphatic heterocycles. The van der Waals surface area contributed by atoms with Crippen molar-refractivity contribution in [3.8, 4) is 23.1 Å². The van der Waals surface area contributed by atoms with Crippen molar-refractivity contribution < 1.29 is 28.7 Å². The summed E-state index contributed by atoms with van der Waals surface area (Å²) >= 11 is 0. The maximum absolute atomic E-state index is 13.7. The van der Waals surface area contributed by atoms with Gasteiger partial charge in [-0.25, -0.2) is 19.6 Å². The van der Waals surface area contributed by atoms with E-state index < -0.39 is 24.3 Å². The minimum Gasteiger partial charge on any atom is -0.453 e. The van der Waals surface area contributed by atoms with Crippen molar-refractivity contribution in [1.82, 2.24) is 40.4 Å². The predicted octanol–water partition coefficient (Wildman–Crippen LogP) is 5.83. The molecule has 6 rings (SSSR count). The molecule has 2 aromatic heterocycles. The number of benzene rings is 2. The van der Waals surface area contributed by atoms with Crippen molar-refractivity contribution in [2.24, 2.45) is 11.8 Å². The minimum atomic E-state index is -0.709. The van der Waals surface area contributed by atoms with Gasteiger partial charge in [0.15, 0.2) is 0 Å². The molecule has 290 valence electrons. The molecule has 0 aliphatic carbocycles. The number of hydrogen-bond acceptors (Lipinski definition) is 8. The lowest BCUT2D eigenvalue weighted by Crippen LogP contribution is -2.52. The first kappa shape index (κ1) is 38.9. The molecule has 14 heteroatoms. The Labute approximate surface area is 321 Å². The van der Waals surface area contributed by atoms with Gasteiger partial charge in [-0.1, -0.05) is 51.8 Å². The number of aromatic amines is 2. The Morgan fingerprint density at radius 1 is 0.782 bits per heavy atom. The molecule has 2 aromatic carbocycles. The van der Waals surface area contributed by atoms with Gasteiger partial charge in [-0.2, -0.15) is 0 Å². The first-order chi connectivity index (χ1) is 26.4. The number of imidazole rings is 2. The number of amides is 4. The molecule has 2 fully saturated rings. The van der Waals surface area contributed by atoms with Crippen LogP contribution in [0.3, 0.4) is 0 Å². The van der Waals surface area contributed by atoms with Crippen LogP contribution in [0.25, 0.3) is 22.0 Å². The fraction of sp³-hybridized carbons (Fsp3) is 0.463. The zero-order chi connectivity index (χ0) is 39.4. The van der Waals surface area contributed by atoms with Crippen LogP contribution in [-0.4, -0.2) is 92.6 Å². The second-order valence-electron chi connectivity index (χ2n) is 15.0. The average molecular weight is 751 g/mol. The maximum Gasteiger partial charge on any atom is 0.407 e. The Kier molecular flexibility index (Phi) is 11.8. The third-order valence-electron chi connectivity index (χ3n) is 10.6. The Bertz CT molecular complexity index is 2110. The quantitative estimate of drug-likeness (QED) is 0.155. The number of nitrogens with one attached hydrogen (secondary N) is 4. The van der Waals surface area contributed by atoms with Crippen LogP contribution in [0, 0.1) is 23.7 Å². The topological polar surface area (TPSA) is 175 Å².